The van der Waals surface area contributed by atoms with Gasteiger partial charge in [0.1, 0.15) is 5.58 Å². The second-order valence-electron chi connectivity index (χ2n) is 7.29. The first-order chi connectivity index (χ1) is 14.7. The van der Waals surface area contributed by atoms with E-state index < -0.39 is 20.9 Å². The van der Waals surface area contributed by atoms with Crippen LogP contribution in [0.2, 0.25) is 0 Å². The van der Waals surface area contributed by atoms with E-state index in [0.717, 1.165) is 26.8 Å². The van der Waals surface area contributed by atoms with Crippen LogP contribution in [0.5, 0.6) is 0 Å². The largest absolute Gasteiger partial charge is 0.414 e. The van der Waals surface area contributed by atoms with Gasteiger partial charge in [0, 0.05) is 5.56 Å². The molecule has 0 unspecified atom stereocenters. The van der Waals surface area contributed by atoms with Gasteiger partial charge in [-0.2, -0.15) is 4.31 Å². The molecule has 8 heteroatoms. The van der Waals surface area contributed by atoms with Crippen molar-refractivity contribution in [1.82, 2.24) is 0 Å². The molecule has 0 fully saturated rings. The average Bonchev–Trinajstić information content (AvgIpc) is 3.09. The first-order valence-electron chi connectivity index (χ1n) is 9.44. The summed E-state index contributed by atoms with van der Waals surface area (Å²) in [5.74, 6) is -0.684. The van der Waals surface area contributed by atoms with Crippen molar-refractivity contribution in [3.8, 4) is 0 Å². The zero-order valence-corrected chi connectivity index (χ0v) is 18.7. The summed E-state index contributed by atoms with van der Waals surface area (Å²) in [7, 11) is -4.25. The number of hydrogen-bond acceptors (Lipinski definition) is 6. The van der Waals surface area contributed by atoms with E-state index in [9.17, 15) is 18.0 Å². The van der Waals surface area contributed by atoms with Gasteiger partial charge in [0.2, 0.25) is 0 Å². The van der Waals surface area contributed by atoms with Crippen molar-refractivity contribution in [3.05, 3.63) is 92.7 Å². The first-order valence-corrected chi connectivity index (χ1v) is 11.7. The molecule has 0 bridgehead atoms. The van der Waals surface area contributed by atoms with E-state index in [1.165, 1.54) is 18.2 Å². The van der Waals surface area contributed by atoms with Gasteiger partial charge in [-0.25, -0.2) is 13.2 Å². The maximum Gasteiger partial charge on any atom is 0.396 e. The molecule has 1 amide bonds. The SMILES string of the molecule is Cc1ccc(C(=O)N(c2ccc3oc(=O)sc3c2)S(=O)(=O)c2cc(C)ccc2C)cc1. The number of rotatable bonds is 4. The molecule has 0 aliphatic carbocycles. The van der Waals surface area contributed by atoms with Crippen molar-refractivity contribution in [2.24, 2.45) is 0 Å². The lowest BCUT2D eigenvalue weighted by Gasteiger charge is -2.24. The third-order valence-electron chi connectivity index (χ3n) is 4.89. The van der Waals surface area contributed by atoms with Crippen molar-refractivity contribution < 1.29 is 17.6 Å². The maximum atomic E-state index is 13.8. The molecular weight excluding hydrogens is 434 g/mol. The number of benzene rings is 3. The molecule has 0 spiro atoms. The minimum atomic E-state index is -4.25. The van der Waals surface area contributed by atoms with Crippen molar-refractivity contribution in [3.63, 3.8) is 0 Å². The van der Waals surface area contributed by atoms with Gasteiger partial charge in [-0.1, -0.05) is 41.2 Å². The minimum Gasteiger partial charge on any atom is -0.414 e. The Labute approximate surface area is 183 Å². The van der Waals surface area contributed by atoms with Crippen LogP contribution in [0.15, 0.2) is 74.8 Å². The zero-order valence-electron chi connectivity index (χ0n) is 17.1. The van der Waals surface area contributed by atoms with E-state index in [2.05, 4.69) is 0 Å². The smallest absolute Gasteiger partial charge is 0.396 e. The molecule has 0 aliphatic rings. The van der Waals surface area contributed by atoms with Gasteiger partial charge in [-0.05, 0) is 68.3 Å². The van der Waals surface area contributed by atoms with Crippen LogP contribution in [0.1, 0.15) is 27.0 Å². The maximum absolute atomic E-state index is 13.8. The Morgan fingerprint density at radius 1 is 0.903 bits per heavy atom. The van der Waals surface area contributed by atoms with Crippen molar-refractivity contribution in [1.29, 1.82) is 0 Å². The van der Waals surface area contributed by atoms with E-state index >= 15 is 0 Å². The fraction of sp³-hybridized carbons (Fsp3) is 0.130. The van der Waals surface area contributed by atoms with Crippen LogP contribution in [0.4, 0.5) is 5.69 Å². The van der Waals surface area contributed by atoms with Gasteiger partial charge >= 0.3 is 4.94 Å². The fourth-order valence-electron chi connectivity index (χ4n) is 3.25. The Bertz CT molecular complexity index is 1460. The van der Waals surface area contributed by atoms with Crippen molar-refractivity contribution in [2.75, 3.05) is 4.31 Å². The van der Waals surface area contributed by atoms with Gasteiger partial charge < -0.3 is 4.42 Å². The summed E-state index contributed by atoms with van der Waals surface area (Å²) in [5, 5.41) is 0. The number of carbonyl (C=O) groups is 1. The lowest BCUT2D eigenvalue weighted by atomic mass is 10.1. The van der Waals surface area contributed by atoms with E-state index in [-0.39, 0.29) is 16.1 Å². The van der Waals surface area contributed by atoms with Crippen LogP contribution in [0.3, 0.4) is 0 Å². The topological polar surface area (TPSA) is 84.7 Å². The number of nitrogens with zero attached hydrogens (tertiary/aromatic N) is 1. The summed E-state index contributed by atoms with van der Waals surface area (Å²) in [4.78, 5) is 24.6. The number of amides is 1. The Morgan fingerprint density at radius 2 is 1.58 bits per heavy atom. The molecule has 6 nitrogen and oxygen atoms in total. The normalized spacial score (nSPS) is 11.6. The lowest BCUT2D eigenvalue weighted by Crippen LogP contribution is -2.37. The molecule has 31 heavy (non-hydrogen) atoms. The van der Waals surface area contributed by atoms with Gasteiger partial charge in [-0.3, -0.25) is 4.79 Å². The molecule has 4 rings (SSSR count). The summed E-state index contributed by atoms with van der Waals surface area (Å²) in [6.07, 6.45) is 0. The lowest BCUT2D eigenvalue weighted by molar-refractivity contribution is 0.101. The summed E-state index contributed by atoms with van der Waals surface area (Å²) >= 11 is 0.850. The number of hydrogen-bond donors (Lipinski definition) is 0. The van der Waals surface area contributed by atoms with Crippen LogP contribution in [-0.2, 0) is 10.0 Å². The predicted octanol–water partition coefficient (Wildman–Crippen LogP) is 4.82. The number of sulfonamides is 1. The number of fused-ring (bicyclic) bond motifs is 1. The zero-order chi connectivity index (χ0) is 22.3. The second-order valence-corrected chi connectivity index (χ2v) is 10.0. The summed E-state index contributed by atoms with van der Waals surface area (Å²) in [5.41, 5.74) is 2.95. The van der Waals surface area contributed by atoms with E-state index in [1.54, 1.807) is 50.2 Å². The molecule has 4 aromatic rings. The third kappa shape index (κ3) is 3.92. The molecule has 158 valence electrons. The molecular formula is C23H19NO5S2. The van der Waals surface area contributed by atoms with Gasteiger partial charge in [0.25, 0.3) is 15.9 Å². The van der Waals surface area contributed by atoms with Crippen LogP contribution >= 0.6 is 11.3 Å². The molecule has 1 aromatic heterocycles. The molecule has 0 saturated heterocycles. The highest BCUT2D eigenvalue weighted by Crippen LogP contribution is 2.31. The molecule has 3 aromatic carbocycles. The summed E-state index contributed by atoms with van der Waals surface area (Å²) in [6, 6.07) is 16.2. The van der Waals surface area contributed by atoms with Crippen molar-refractivity contribution in [2.45, 2.75) is 25.7 Å². The van der Waals surface area contributed by atoms with E-state index in [0.29, 0.717) is 15.8 Å². The Balaban J connectivity index is 1.95. The van der Waals surface area contributed by atoms with Crippen LogP contribution < -0.4 is 9.24 Å². The van der Waals surface area contributed by atoms with Crippen LogP contribution in [0.25, 0.3) is 10.3 Å². The monoisotopic (exact) mass is 453 g/mol. The van der Waals surface area contributed by atoms with Crippen molar-refractivity contribution >= 4 is 43.2 Å². The highest BCUT2D eigenvalue weighted by atomic mass is 32.2. The third-order valence-corrected chi connectivity index (χ3v) is 7.54. The van der Waals surface area contributed by atoms with Crippen LogP contribution in [-0.4, -0.2) is 14.3 Å². The highest BCUT2D eigenvalue weighted by molar-refractivity contribution is 7.93. The molecule has 0 radical (unpaired) electrons. The summed E-state index contributed by atoms with van der Waals surface area (Å²) in [6.45, 7) is 5.36. The highest BCUT2D eigenvalue weighted by Gasteiger charge is 2.33. The van der Waals surface area contributed by atoms with Gasteiger partial charge in [-0.15, -0.1) is 0 Å². The molecule has 1 heterocycles. The quantitative estimate of drug-likeness (QED) is 0.442. The number of anilines is 1. The standard InChI is InChI=1S/C23H19NO5S2/c1-14-5-8-17(9-6-14)22(25)24(18-10-11-19-20(13-18)30-23(26)29-19)31(27,28)21-12-15(2)4-7-16(21)3/h4-13H,1-3H3. The summed E-state index contributed by atoms with van der Waals surface area (Å²) < 4.78 is 33.8. The van der Waals surface area contributed by atoms with Crippen LogP contribution in [0, 0.1) is 20.8 Å². The number of aryl methyl sites for hydroxylation is 3. The molecule has 0 aliphatic heterocycles. The Kier molecular flexibility index (Phi) is 5.28. The Hall–Kier alpha value is -3.23. The van der Waals surface area contributed by atoms with E-state index in [1.807, 2.05) is 13.0 Å². The van der Waals surface area contributed by atoms with Gasteiger partial charge in [0.05, 0.1) is 15.3 Å². The molecule has 0 atom stereocenters. The van der Waals surface area contributed by atoms with Gasteiger partial charge in [0.15, 0.2) is 0 Å². The fourth-order valence-corrected chi connectivity index (χ4v) is 5.67. The average molecular weight is 454 g/mol. The predicted molar refractivity (Wildman–Crippen MR) is 121 cm³/mol. The molecule has 0 N–H and O–H groups in total. The van der Waals surface area contributed by atoms with E-state index in [4.69, 9.17) is 4.42 Å². The first kappa shape index (κ1) is 21.0. The molecule has 0 saturated carbocycles. The Morgan fingerprint density at radius 3 is 2.29 bits per heavy atom. The minimum absolute atomic E-state index is 0.0495. The second kappa shape index (κ2) is 7.79. The number of carbonyl (C=O) groups excluding carboxylic acids is 1.